The Labute approximate surface area is 162 Å². The predicted molar refractivity (Wildman–Crippen MR) is 95.9 cm³/mol. The molecule has 1 aromatic rings. The molecule has 0 heterocycles. The van der Waals surface area contributed by atoms with Crippen LogP contribution in [0.2, 0.25) is 0 Å². The van der Waals surface area contributed by atoms with Crippen LogP contribution < -0.4 is 10.9 Å². The lowest BCUT2D eigenvalue weighted by atomic mass is 10.1. The van der Waals surface area contributed by atoms with E-state index >= 15 is 0 Å². The number of hydrogen-bond acceptors (Lipinski definition) is 8. The van der Waals surface area contributed by atoms with Crippen molar-refractivity contribution >= 4 is 34.5 Å². The number of halogens is 3. The third-order valence-electron chi connectivity index (χ3n) is 3.30. The number of hydrogen-bond donors (Lipinski definition) is 2. The van der Waals surface area contributed by atoms with Crippen LogP contribution in [0.3, 0.4) is 0 Å². The monoisotopic (exact) mass is 412 g/mol. The molecular formula is C16H15F3N6O4. The first-order chi connectivity index (χ1) is 13.6. The van der Waals surface area contributed by atoms with E-state index in [9.17, 15) is 32.9 Å². The second kappa shape index (κ2) is 10.5. The number of carbonyl (C=O) groups is 2. The van der Waals surface area contributed by atoms with Crippen LogP contribution in [0.25, 0.3) is 0 Å². The summed E-state index contributed by atoms with van der Waals surface area (Å²) in [6.45, 7) is 1.45. The summed E-state index contributed by atoms with van der Waals surface area (Å²) >= 11 is 0. The molecule has 1 aromatic carbocycles. The van der Waals surface area contributed by atoms with Crippen molar-refractivity contribution in [3.05, 3.63) is 34.4 Å². The third kappa shape index (κ3) is 7.75. The number of hydrazone groups is 2. The first-order valence-corrected chi connectivity index (χ1v) is 7.98. The van der Waals surface area contributed by atoms with Crippen LogP contribution in [0, 0.1) is 21.4 Å². The van der Waals surface area contributed by atoms with Gasteiger partial charge >= 0.3 is 6.18 Å². The fourth-order valence-corrected chi connectivity index (χ4v) is 1.82. The van der Waals surface area contributed by atoms with Gasteiger partial charge in [-0.1, -0.05) is 19.1 Å². The molecule has 0 aliphatic carbocycles. The molecule has 0 aliphatic heterocycles. The van der Waals surface area contributed by atoms with Gasteiger partial charge in [0.2, 0.25) is 11.7 Å². The number of nitrogens with one attached hydrogen (secondary N) is 2. The maximum atomic E-state index is 12.3. The molecule has 0 fully saturated rings. The smallest absolute Gasteiger partial charge is 0.289 e. The Kier molecular flexibility index (Phi) is 8.41. The first kappa shape index (κ1) is 23.2. The molecule has 154 valence electrons. The van der Waals surface area contributed by atoms with Gasteiger partial charge in [-0.3, -0.25) is 25.1 Å². The van der Waals surface area contributed by atoms with Crippen molar-refractivity contribution in [3.63, 3.8) is 0 Å². The fourth-order valence-electron chi connectivity index (χ4n) is 1.82. The number of para-hydroxylation sites is 2. The van der Waals surface area contributed by atoms with Crippen LogP contribution in [0.1, 0.15) is 26.2 Å². The van der Waals surface area contributed by atoms with Crippen molar-refractivity contribution in [3.8, 4) is 6.07 Å². The fraction of sp³-hybridized carbons (Fsp3) is 0.312. The van der Waals surface area contributed by atoms with Crippen LogP contribution in [-0.2, 0) is 9.59 Å². The molecular weight excluding hydrogens is 397 g/mol. The molecule has 0 spiro atoms. The Balaban J connectivity index is 2.76. The van der Waals surface area contributed by atoms with Crippen molar-refractivity contribution in [2.75, 3.05) is 5.43 Å². The molecule has 0 atom stereocenters. The third-order valence-corrected chi connectivity index (χ3v) is 3.30. The van der Waals surface area contributed by atoms with Crippen molar-refractivity contribution in [1.82, 2.24) is 5.43 Å². The molecule has 2 N–H and O–H groups in total. The van der Waals surface area contributed by atoms with E-state index in [1.807, 2.05) is 5.43 Å². The molecule has 10 nitrogen and oxygen atoms in total. The number of amides is 1. The number of nitro benzene ring substituents is 1. The van der Waals surface area contributed by atoms with E-state index < -0.39 is 35.6 Å². The van der Waals surface area contributed by atoms with Crippen molar-refractivity contribution in [2.45, 2.75) is 32.4 Å². The number of nitro groups is 1. The van der Waals surface area contributed by atoms with Gasteiger partial charge in [-0.25, -0.2) is 5.43 Å². The van der Waals surface area contributed by atoms with E-state index in [0.717, 1.165) is 0 Å². The van der Waals surface area contributed by atoms with Crippen LogP contribution >= 0.6 is 0 Å². The van der Waals surface area contributed by atoms with Crippen molar-refractivity contribution < 1.29 is 27.7 Å². The standard InChI is InChI=1S/C16H15F3N6O4/c1-2-10(7-14(26)16(17,18)19)21-24-15(27)8-11(9-20)22-23-12-5-3-4-6-13(12)25(28)29/h3-6,23H,2,7-8H2,1H3,(H,24,27)/b21-10+,22-11+. The summed E-state index contributed by atoms with van der Waals surface area (Å²) in [6.07, 6.45) is -6.62. The minimum atomic E-state index is -5.01. The average Bonchev–Trinajstić information content (AvgIpc) is 2.67. The van der Waals surface area contributed by atoms with Crippen molar-refractivity contribution in [1.29, 1.82) is 5.26 Å². The van der Waals surface area contributed by atoms with Gasteiger partial charge in [-0.05, 0) is 12.5 Å². The summed E-state index contributed by atoms with van der Waals surface area (Å²) in [4.78, 5) is 33.0. The van der Waals surface area contributed by atoms with Crippen LogP contribution in [-0.4, -0.2) is 34.2 Å². The van der Waals surface area contributed by atoms with Gasteiger partial charge in [0, 0.05) is 11.8 Å². The van der Waals surface area contributed by atoms with Crippen LogP contribution in [0.5, 0.6) is 0 Å². The summed E-state index contributed by atoms with van der Waals surface area (Å²) in [7, 11) is 0. The Hall–Kier alpha value is -3.82. The van der Waals surface area contributed by atoms with Gasteiger partial charge in [0.15, 0.2) is 0 Å². The molecule has 0 saturated heterocycles. The number of anilines is 1. The zero-order valence-electron chi connectivity index (χ0n) is 15.0. The van der Waals surface area contributed by atoms with E-state index in [2.05, 4.69) is 15.6 Å². The van der Waals surface area contributed by atoms with Crippen LogP contribution in [0.15, 0.2) is 34.5 Å². The number of rotatable bonds is 9. The van der Waals surface area contributed by atoms with E-state index in [1.165, 1.54) is 31.2 Å². The first-order valence-electron chi connectivity index (χ1n) is 7.98. The Morgan fingerprint density at radius 2 is 1.90 bits per heavy atom. The largest absolute Gasteiger partial charge is 0.450 e. The highest BCUT2D eigenvalue weighted by Gasteiger charge is 2.38. The predicted octanol–water partition coefficient (Wildman–Crippen LogP) is 2.68. The minimum absolute atomic E-state index is 0.0115. The zero-order chi connectivity index (χ0) is 22.0. The molecule has 0 radical (unpaired) electrons. The molecule has 0 aromatic heterocycles. The highest BCUT2D eigenvalue weighted by Crippen LogP contribution is 2.23. The average molecular weight is 412 g/mol. The van der Waals surface area contributed by atoms with Gasteiger partial charge in [0.1, 0.15) is 17.5 Å². The molecule has 0 saturated carbocycles. The molecule has 0 unspecified atom stereocenters. The zero-order valence-corrected chi connectivity index (χ0v) is 15.0. The topological polar surface area (TPSA) is 150 Å². The van der Waals surface area contributed by atoms with Gasteiger partial charge in [0.05, 0.1) is 17.8 Å². The summed E-state index contributed by atoms with van der Waals surface area (Å²) in [5.41, 5.74) is 3.38. The SMILES string of the molecule is CC/C(CC(=O)C(F)(F)F)=N\NC(=O)C/C(C#N)=N\Nc1ccccc1[N+](=O)[O-]. The van der Waals surface area contributed by atoms with E-state index in [1.54, 1.807) is 6.07 Å². The lowest BCUT2D eigenvalue weighted by Crippen LogP contribution is -2.27. The maximum absolute atomic E-state index is 12.3. The van der Waals surface area contributed by atoms with E-state index in [-0.39, 0.29) is 29.2 Å². The minimum Gasteiger partial charge on any atom is -0.289 e. The maximum Gasteiger partial charge on any atom is 0.450 e. The number of nitriles is 1. The second-order valence-corrected chi connectivity index (χ2v) is 5.40. The lowest BCUT2D eigenvalue weighted by molar-refractivity contribution is -0.384. The Bertz CT molecular complexity index is 889. The summed E-state index contributed by atoms with van der Waals surface area (Å²) < 4.78 is 36.8. The van der Waals surface area contributed by atoms with Crippen LogP contribution in [0.4, 0.5) is 24.5 Å². The molecule has 0 bridgehead atoms. The molecule has 29 heavy (non-hydrogen) atoms. The quantitative estimate of drug-likeness (QED) is 0.362. The van der Waals surface area contributed by atoms with E-state index in [4.69, 9.17) is 5.26 Å². The van der Waals surface area contributed by atoms with Gasteiger partial charge in [0.25, 0.3) is 5.69 Å². The lowest BCUT2D eigenvalue weighted by Gasteiger charge is -2.07. The highest BCUT2D eigenvalue weighted by atomic mass is 19.4. The Morgan fingerprint density at radius 1 is 1.24 bits per heavy atom. The molecule has 1 rings (SSSR count). The van der Waals surface area contributed by atoms with Gasteiger partial charge in [-0.2, -0.15) is 28.6 Å². The second-order valence-electron chi connectivity index (χ2n) is 5.40. The Morgan fingerprint density at radius 3 is 2.45 bits per heavy atom. The number of carbonyl (C=O) groups excluding carboxylic acids is 2. The highest BCUT2D eigenvalue weighted by molar-refractivity contribution is 6.10. The molecule has 0 aliphatic rings. The van der Waals surface area contributed by atoms with E-state index in [0.29, 0.717) is 0 Å². The number of nitrogens with zero attached hydrogens (tertiary/aromatic N) is 4. The van der Waals surface area contributed by atoms with Crippen molar-refractivity contribution in [2.24, 2.45) is 10.2 Å². The van der Waals surface area contributed by atoms with Gasteiger partial charge in [-0.15, -0.1) is 0 Å². The molecule has 1 amide bonds. The van der Waals surface area contributed by atoms with Gasteiger partial charge < -0.3 is 0 Å². The summed E-state index contributed by atoms with van der Waals surface area (Å²) in [6, 6.07) is 7.08. The number of Topliss-reactive ketones (excluding diaryl/α,β-unsaturated/α-hetero) is 1. The number of alkyl halides is 3. The summed E-state index contributed by atoms with van der Waals surface area (Å²) in [5, 5.41) is 27.0. The number of benzene rings is 1. The normalized spacial score (nSPS) is 12.1. The molecule has 13 heteroatoms. The summed E-state index contributed by atoms with van der Waals surface area (Å²) in [5.74, 6) is -2.87. The number of ketones is 1.